The van der Waals surface area contributed by atoms with Crippen molar-refractivity contribution in [1.29, 1.82) is 0 Å². The summed E-state index contributed by atoms with van der Waals surface area (Å²) in [5.41, 5.74) is 1.37. The summed E-state index contributed by atoms with van der Waals surface area (Å²) in [5.74, 6) is -2.76. The third-order valence-electron chi connectivity index (χ3n) is 5.59. The number of amides is 2. The minimum Gasteiger partial charge on any atom is -0.493 e. The Balaban J connectivity index is 1.85. The van der Waals surface area contributed by atoms with E-state index in [4.69, 9.17) is 9.47 Å². The van der Waals surface area contributed by atoms with Gasteiger partial charge in [-0.2, -0.15) is 0 Å². The Morgan fingerprint density at radius 2 is 1.89 bits per heavy atom. The number of fused-ring (bicyclic) bond motifs is 1. The number of rotatable bonds is 8. The van der Waals surface area contributed by atoms with Gasteiger partial charge in [0.1, 0.15) is 5.69 Å². The van der Waals surface area contributed by atoms with E-state index in [0.717, 1.165) is 11.0 Å². The van der Waals surface area contributed by atoms with E-state index in [1.807, 2.05) is 0 Å². The van der Waals surface area contributed by atoms with Crippen LogP contribution in [0.1, 0.15) is 17.7 Å². The Bertz CT molecular complexity index is 1270. The summed E-state index contributed by atoms with van der Waals surface area (Å²) < 4.78 is 40.6. The number of ether oxygens (including phenoxy) is 2. The Kier molecular flexibility index (Phi) is 6.72. The number of aromatic nitrogens is 2. The molecule has 2 amide bonds. The Morgan fingerprint density at radius 1 is 1.17 bits per heavy atom. The van der Waals surface area contributed by atoms with Crippen LogP contribution >= 0.6 is 0 Å². The van der Waals surface area contributed by atoms with Crippen molar-refractivity contribution in [2.24, 2.45) is 0 Å². The smallest absolute Gasteiger partial charge is 0.334 e. The van der Waals surface area contributed by atoms with Crippen molar-refractivity contribution in [2.45, 2.75) is 19.4 Å². The van der Waals surface area contributed by atoms with Crippen molar-refractivity contribution in [3.8, 4) is 11.5 Å². The molecule has 0 aliphatic carbocycles. The average Bonchev–Trinajstić information content (AvgIpc) is 2.88. The van der Waals surface area contributed by atoms with Gasteiger partial charge in [0.15, 0.2) is 28.9 Å². The van der Waals surface area contributed by atoms with Gasteiger partial charge >= 0.3 is 6.03 Å². The number of carbonyl (C=O) groups excluding carboxylic acids is 2. The number of benzene rings is 1. The van der Waals surface area contributed by atoms with E-state index in [9.17, 15) is 9.59 Å². The lowest BCUT2D eigenvalue weighted by Gasteiger charge is -2.37. The van der Waals surface area contributed by atoms with E-state index in [0.29, 0.717) is 29.1 Å². The highest BCUT2D eigenvalue weighted by Crippen LogP contribution is 2.42. The van der Waals surface area contributed by atoms with E-state index >= 15 is 8.78 Å². The third kappa shape index (κ3) is 4.42. The number of nitrogens with zero attached hydrogens (tertiary/aromatic N) is 4. The van der Waals surface area contributed by atoms with Crippen LogP contribution in [0, 0.1) is 11.6 Å². The molecular weight excluding hydrogens is 458 g/mol. The fraction of sp³-hybridized carbons (Fsp3) is 0.200. The lowest BCUT2D eigenvalue weighted by atomic mass is 10.1. The summed E-state index contributed by atoms with van der Waals surface area (Å²) in [5, 5.41) is 0. The Hall–Kier alpha value is -4.34. The molecule has 8 nitrogen and oxygen atoms in total. The lowest BCUT2D eigenvalue weighted by molar-refractivity contribution is -0.114. The number of aryl methyl sites for hydroxylation is 1. The number of pyridine rings is 2. The zero-order chi connectivity index (χ0) is 25.1. The monoisotopic (exact) mass is 480 g/mol. The SMILES string of the molecule is C=CC(=O)CCc1cc2c(cn1)CN(c1c(F)c(OC)cc(OC)c1F)C(=O)N2c1cccnc1. The molecule has 0 bridgehead atoms. The van der Waals surface area contributed by atoms with Gasteiger partial charge in [0, 0.05) is 36.1 Å². The van der Waals surface area contributed by atoms with Gasteiger partial charge in [-0.25, -0.2) is 13.6 Å². The number of allylic oxidation sites excluding steroid dienone is 1. The first-order chi connectivity index (χ1) is 16.9. The maximum Gasteiger partial charge on any atom is 0.334 e. The molecule has 0 N–H and O–H groups in total. The molecule has 1 aliphatic rings. The average molecular weight is 480 g/mol. The highest BCUT2D eigenvalue weighted by Gasteiger charge is 2.37. The molecule has 0 unspecified atom stereocenters. The van der Waals surface area contributed by atoms with E-state index in [1.165, 1.54) is 37.6 Å². The fourth-order valence-electron chi connectivity index (χ4n) is 3.82. The van der Waals surface area contributed by atoms with Crippen molar-refractivity contribution >= 4 is 28.9 Å². The number of ketones is 1. The molecule has 1 aliphatic heterocycles. The summed E-state index contributed by atoms with van der Waals surface area (Å²) >= 11 is 0. The largest absolute Gasteiger partial charge is 0.493 e. The van der Waals surface area contributed by atoms with Crippen molar-refractivity contribution in [2.75, 3.05) is 24.0 Å². The van der Waals surface area contributed by atoms with Crippen molar-refractivity contribution in [3.05, 3.63) is 78.4 Å². The molecule has 180 valence electrons. The van der Waals surface area contributed by atoms with Gasteiger partial charge in [-0.05, 0) is 30.7 Å². The highest BCUT2D eigenvalue weighted by atomic mass is 19.1. The molecule has 3 heterocycles. The number of methoxy groups -OCH3 is 2. The number of hydrogen-bond acceptors (Lipinski definition) is 6. The summed E-state index contributed by atoms with van der Waals surface area (Å²) in [7, 11) is 2.47. The molecule has 0 spiro atoms. The zero-order valence-corrected chi connectivity index (χ0v) is 19.1. The maximum absolute atomic E-state index is 15.3. The molecule has 0 saturated heterocycles. The third-order valence-corrected chi connectivity index (χ3v) is 5.59. The van der Waals surface area contributed by atoms with Gasteiger partial charge in [0.25, 0.3) is 0 Å². The number of halogens is 2. The fourth-order valence-corrected chi connectivity index (χ4v) is 3.82. The van der Waals surface area contributed by atoms with Crippen LogP contribution in [0.15, 0.2) is 55.5 Å². The van der Waals surface area contributed by atoms with Gasteiger partial charge in [0.2, 0.25) is 0 Å². The second-order valence-corrected chi connectivity index (χ2v) is 7.65. The van der Waals surface area contributed by atoms with E-state index in [-0.39, 0.29) is 30.2 Å². The maximum atomic E-state index is 15.3. The van der Waals surface area contributed by atoms with E-state index in [2.05, 4.69) is 16.5 Å². The molecule has 0 radical (unpaired) electrons. The molecule has 0 fully saturated rings. The van der Waals surface area contributed by atoms with Crippen LogP contribution in [0.2, 0.25) is 0 Å². The Labute approximate surface area is 200 Å². The molecule has 3 aromatic rings. The van der Waals surface area contributed by atoms with E-state index < -0.39 is 23.4 Å². The standard InChI is InChI=1S/C25H22F2N4O4/c1-4-18(32)8-7-16-10-19-15(12-29-16)14-30(25(33)31(19)17-6-5-9-28-13-17)24-22(26)20(34-2)11-21(35-3)23(24)27/h4-6,9-13H,1,7-8,14H2,2-3H3. The second kappa shape index (κ2) is 9.88. The number of urea groups is 1. The van der Waals surface area contributed by atoms with Crippen LogP contribution in [0.25, 0.3) is 0 Å². The van der Waals surface area contributed by atoms with Gasteiger partial charge in [-0.3, -0.25) is 24.6 Å². The highest BCUT2D eigenvalue weighted by molar-refractivity contribution is 6.11. The first-order valence-corrected chi connectivity index (χ1v) is 10.6. The van der Waals surface area contributed by atoms with Crippen LogP contribution < -0.4 is 19.3 Å². The van der Waals surface area contributed by atoms with Crippen LogP contribution in [0.3, 0.4) is 0 Å². The van der Waals surface area contributed by atoms with E-state index in [1.54, 1.807) is 24.4 Å². The van der Waals surface area contributed by atoms with Crippen LogP contribution in [-0.2, 0) is 17.8 Å². The summed E-state index contributed by atoms with van der Waals surface area (Å²) in [6.45, 7) is 3.31. The number of hydrogen-bond donors (Lipinski definition) is 0. The van der Waals surface area contributed by atoms with Gasteiger partial charge in [-0.1, -0.05) is 6.58 Å². The lowest BCUT2D eigenvalue weighted by Crippen LogP contribution is -2.46. The molecule has 2 aromatic heterocycles. The summed E-state index contributed by atoms with van der Waals surface area (Å²) in [6.07, 6.45) is 6.33. The summed E-state index contributed by atoms with van der Waals surface area (Å²) in [4.78, 5) is 36.1. The van der Waals surface area contributed by atoms with Crippen molar-refractivity contribution in [1.82, 2.24) is 9.97 Å². The zero-order valence-electron chi connectivity index (χ0n) is 19.1. The van der Waals surface area contributed by atoms with Gasteiger partial charge in [-0.15, -0.1) is 0 Å². The normalized spacial score (nSPS) is 12.9. The molecule has 0 saturated carbocycles. The van der Waals surface area contributed by atoms with Gasteiger partial charge in [0.05, 0.1) is 38.3 Å². The quantitative estimate of drug-likeness (QED) is 0.433. The van der Waals surface area contributed by atoms with Gasteiger partial charge < -0.3 is 9.47 Å². The van der Waals surface area contributed by atoms with Crippen molar-refractivity contribution in [3.63, 3.8) is 0 Å². The van der Waals surface area contributed by atoms with Crippen LogP contribution in [-0.4, -0.2) is 36.0 Å². The minimum atomic E-state index is -1.04. The second-order valence-electron chi connectivity index (χ2n) is 7.65. The molecule has 35 heavy (non-hydrogen) atoms. The topological polar surface area (TPSA) is 84.9 Å². The number of anilines is 3. The minimum absolute atomic E-state index is 0.131. The van der Waals surface area contributed by atoms with Crippen LogP contribution in [0.4, 0.5) is 30.6 Å². The van der Waals surface area contributed by atoms with Crippen LogP contribution in [0.5, 0.6) is 11.5 Å². The first kappa shape index (κ1) is 23.8. The predicted octanol–water partition coefficient (Wildman–Crippen LogP) is 4.74. The number of carbonyl (C=O) groups is 2. The molecular formula is C25H22F2N4O4. The van der Waals surface area contributed by atoms with Crippen molar-refractivity contribution < 1.29 is 27.8 Å². The molecule has 1 aromatic carbocycles. The first-order valence-electron chi connectivity index (χ1n) is 10.6. The molecule has 4 rings (SSSR count). The Morgan fingerprint density at radius 3 is 2.49 bits per heavy atom. The predicted molar refractivity (Wildman–Crippen MR) is 125 cm³/mol. The molecule has 10 heteroatoms. The molecule has 0 atom stereocenters. The summed E-state index contributed by atoms with van der Waals surface area (Å²) in [6, 6.07) is 5.35.